The molecule has 0 aromatic heterocycles. The summed E-state index contributed by atoms with van der Waals surface area (Å²) in [5.74, 6) is 0.920. The largest absolute Gasteiger partial charge is 0.492 e. The highest BCUT2D eigenvalue weighted by atomic mass is 16.5. The van der Waals surface area contributed by atoms with Gasteiger partial charge in [0.1, 0.15) is 12.4 Å². The minimum absolute atomic E-state index is 0.0132. The van der Waals surface area contributed by atoms with Crippen molar-refractivity contribution in [3.8, 4) is 5.75 Å². The van der Waals surface area contributed by atoms with E-state index >= 15 is 0 Å². The van der Waals surface area contributed by atoms with E-state index in [0.29, 0.717) is 26.0 Å². The van der Waals surface area contributed by atoms with Gasteiger partial charge in [-0.15, -0.1) is 0 Å². The summed E-state index contributed by atoms with van der Waals surface area (Å²) in [4.78, 5) is 23.8. The van der Waals surface area contributed by atoms with Gasteiger partial charge in [-0.05, 0) is 62.8 Å². The summed E-state index contributed by atoms with van der Waals surface area (Å²) < 4.78 is 5.70. The summed E-state index contributed by atoms with van der Waals surface area (Å²) in [5, 5.41) is 8.95. The fourth-order valence-electron chi connectivity index (χ4n) is 3.78. The molecular weight excluding hydrogens is 318 g/mol. The van der Waals surface area contributed by atoms with Gasteiger partial charge in [0.05, 0.1) is 18.1 Å². The number of aryl methyl sites for hydroxylation is 2. The Kier molecular flexibility index (Phi) is 5.16. The molecule has 25 heavy (non-hydrogen) atoms. The van der Waals surface area contributed by atoms with E-state index in [1.807, 2.05) is 26.0 Å². The average Bonchev–Trinajstić information content (AvgIpc) is 2.51. The van der Waals surface area contributed by atoms with Crippen molar-refractivity contribution in [3.05, 3.63) is 29.3 Å². The number of carbonyl (C=O) groups excluding carboxylic acids is 2. The van der Waals surface area contributed by atoms with Crippen molar-refractivity contribution in [2.45, 2.75) is 57.5 Å². The minimum Gasteiger partial charge on any atom is -0.492 e. The molecule has 3 rings (SSSR count). The summed E-state index contributed by atoms with van der Waals surface area (Å²) in [6, 6.07) is 5.88. The van der Waals surface area contributed by atoms with Crippen LogP contribution in [-0.4, -0.2) is 36.7 Å². The summed E-state index contributed by atoms with van der Waals surface area (Å²) in [7, 11) is 0. The number of carbonyl (C=O) groups is 2. The third kappa shape index (κ3) is 4.24. The Morgan fingerprint density at radius 1 is 1.28 bits per heavy atom. The number of hydrogen-bond acceptors (Lipinski definition) is 3. The zero-order chi connectivity index (χ0) is 17.9. The van der Waals surface area contributed by atoms with Gasteiger partial charge in [-0.3, -0.25) is 4.79 Å². The van der Waals surface area contributed by atoms with E-state index in [0.717, 1.165) is 36.1 Å². The maximum absolute atomic E-state index is 12.1. The first-order chi connectivity index (χ1) is 12.0. The van der Waals surface area contributed by atoms with Crippen LogP contribution in [0.4, 0.5) is 4.79 Å². The fourth-order valence-corrected chi connectivity index (χ4v) is 3.78. The Bertz CT molecular complexity index is 635. The van der Waals surface area contributed by atoms with E-state index in [9.17, 15) is 9.59 Å². The molecular formula is C19H27N3O3. The molecule has 1 aliphatic carbocycles. The topological polar surface area (TPSA) is 79.5 Å². The first kappa shape index (κ1) is 17.6. The van der Waals surface area contributed by atoms with Crippen LogP contribution < -0.4 is 20.7 Å². The molecule has 1 saturated heterocycles. The molecule has 6 nitrogen and oxygen atoms in total. The molecule has 1 saturated carbocycles. The van der Waals surface area contributed by atoms with Crippen molar-refractivity contribution >= 4 is 11.9 Å². The Morgan fingerprint density at radius 3 is 2.64 bits per heavy atom. The molecule has 0 bridgehead atoms. The number of nitrogens with one attached hydrogen (secondary N) is 3. The molecule has 2 fully saturated rings. The highest BCUT2D eigenvalue weighted by Crippen LogP contribution is 2.38. The van der Waals surface area contributed by atoms with Crippen LogP contribution in [0.25, 0.3) is 0 Å². The molecule has 136 valence electrons. The fraction of sp³-hybridized carbons (Fsp3) is 0.579. The predicted octanol–water partition coefficient (Wildman–Crippen LogP) is 2.18. The van der Waals surface area contributed by atoms with Crippen molar-refractivity contribution in [1.82, 2.24) is 16.0 Å². The SMILES string of the molecule is Cc1cc(C)cc(OCCNC(=O)N[C@@H]2CCC(=O)NC23CCC3)c1. The standard InChI is InChI=1S/C19H27N3O3/c1-13-10-14(2)12-15(11-13)25-9-8-20-18(24)21-16-4-5-17(23)22-19(16)6-3-7-19/h10-12,16H,3-9H2,1-2H3,(H,22,23)(H2,20,21,24)/t16-/m1/s1. The second-order valence-corrected chi connectivity index (χ2v) is 7.22. The second kappa shape index (κ2) is 7.33. The molecule has 3 amide bonds. The van der Waals surface area contributed by atoms with Gasteiger partial charge >= 0.3 is 6.03 Å². The number of rotatable bonds is 5. The zero-order valence-corrected chi connectivity index (χ0v) is 15.0. The number of piperidine rings is 1. The van der Waals surface area contributed by atoms with Gasteiger partial charge in [0.2, 0.25) is 5.91 Å². The van der Waals surface area contributed by atoms with E-state index in [1.165, 1.54) is 0 Å². The average molecular weight is 345 g/mol. The predicted molar refractivity (Wildman–Crippen MR) is 95.7 cm³/mol. The minimum atomic E-state index is -0.220. The van der Waals surface area contributed by atoms with Gasteiger partial charge in [0.25, 0.3) is 0 Å². The lowest BCUT2D eigenvalue weighted by molar-refractivity contribution is -0.127. The lowest BCUT2D eigenvalue weighted by Crippen LogP contribution is -2.69. The summed E-state index contributed by atoms with van der Waals surface area (Å²) >= 11 is 0. The molecule has 0 radical (unpaired) electrons. The lowest BCUT2D eigenvalue weighted by atomic mass is 9.68. The number of amides is 3. The van der Waals surface area contributed by atoms with Crippen molar-refractivity contribution in [2.24, 2.45) is 0 Å². The van der Waals surface area contributed by atoms with Gasteiger partial charge < -0.3 is 20.7 Å². The van der Waals surface area contributed by atoms with E-state index in [-0.39, 0.29) is 23.5 Å². The van der Waals surface area contributed by atoms with Gasteiger partial charge in [-0.1, -0.05) is 6.07 Å². The van der Waals surface area contributed by atoms with E-state index in [4.69, 9.17) is 4.74 Å². The molecule has 3 N–H and O–H groups in total. The van der Waals surface area contributed by atoms with Gasteiger partial charge in [-0.2, -0.15) is 0 Å². The van der Waals surface area contributed by atoms with Crippen LogP contribution in [0, 0.1) is 13.8 Å². The van der Waals surface area contributed by atoms with Gasteiger partial charge in [0.15, 0.2) is 0 Å². The maximum atomic E-state index is 12.1. The van der Waals surface area contributed by atoms with Crippen LogP contribution in [0.3, 0.4) is 0 Å². The molecule has 1 aromatic carbocycles. The molecule has 1 aromatic rings. The molecule has 1 spiro atoms. The van der Waals surface area contributed by atoms with Crippen LogP contribution in [0.1, 0.15) is 43.2 Å². The highest BCUT2D eigenvalue weighted by Gasteiger charge is 2.48. The van der Waals surface area contributed by atoms with Crippen LogP contribution in [0.15, 0.2) is 18.2 Å². The summed E-state index contributed by atoms with van der Waals surface area (Å²) in [6.07, 6.45) is 4.17. The van der Waals surface area contributed by atoms with Crippen LogP contribution in [0.5, 0.6) is 5.75 Å². The van der Waals surface area contributed by atoms with Crippen LogP contribution in [-0.2, 0) is 4.79 Å². The van der Waals surface area contributed by atoms with Crippen LogP contribution >= 0.6 is 0 Å². The molecule has 0 unspecified atom stereocenters. The van der Waals surface area contributed by atoms with Crippen molar-refractivity contribution in [1.29, 1.82) is 0 Å². The third-order valence-corrected chi connectivity index (χ3v) is 5.12. The monoisotopic (exact) mass is 345 g/mol. The molecule has 2 aliphatic rings. The van der Waals surface area contributed by atoms with Crippen LogP contribution in [0.2, 0.25) is 0 Å². The number of ether oxygens (including phenoxy) is 1. The molecule has 1 heterocycles. The van der Waals surface area contributed by atoms with E-state index in [1.54, 1.807) is 0 Å². The Morgan fingerprint density at radius 2 is 2.00 bits per heavy atom. The smallest absolute Gasteiger partial charge is 0.315 e. The lowest BCUT2D eigenvalue weighted by Gasteiger charge is -2.50. The first-order valence-electron chi connectivity index (χ1n) is 9.03. The van der Waals surface area contributed by atoms with Gasteiger partial charge in [-0.25, -0.2) is 4.79 Å². The Labute approximate surface area is 148 Å². The Hall–Kier alpha value is -2.24. The van der Waals surface area contributed by atoms with Crippen molar-refractivity contribution in [3.63, 3.8) is 0 Å². The number of urea groups is 1. The maximum Gasteiger partial charge on any atom is 0.315 e. The quantitative estimate of drug-likeness (QED) is 0.716. The Balaban J connectivity index is 1.41. The van der Waals surface area contributed by atoms with Gasteiger partial charge in [0, 0.05) is 6.42 Å². The van der Waals surface area contributed by atoms with E-state index < -0.39 is 0 Å². The van der Waals surface area contributed by atoms with Crippen molar-refractivity contribution in [2.75, 3.05) is 13.2 Å². The van der Waals surface area contributed by atoms with Crippen molar-refractivity contribution < 1.29 is 14.3 Å². The molecule has 1 atom stereocenters. The normalized spacial score (nSPS) is 21.2. The summed E-state index contributed by atoms with van der Waals surface area (Å²) in [5.41, 5.74) is 2.10. The second-order valence-electron chi connectivity index (χ2n) is 7.22. The number of hydrogen-bond donors (Lipinski definition) is 3. The third-order valence-electron chi connectivity index (χ3n) is 5.12. The first-order valence-corrected chi connectivity index (χ1v) is 9.03. The van der Waals surface area contributed by atoms with E-state index in [2.05, 4.69) is 22.0 Å². The zero-order valence-electron chi connectivity index (χ0n) is 15.0. The summed E-state index contributed by atoms with van der Waals surface area (Å²) in [6.45, 7) is 4.92. The number of benzene rings is 1. The molecule has 6 heteroatoms. The molecule has 1 aliphatic heterocycles. The highest BCUT2D eigenvalue weighted by molar-refractivity contribution is 5.79.